The number of ether oxygens (including phenoxy) is 9. The van der Waals surface area contributed by atoms with Crippen LogP contribution in [0.3, 0.4) is 0 Å². The Morgan fingerprint density at radius 2 is 1.04 bits per heavy atom. The summed E-state index contributed by atoms with van der Waals surface area (Å²) >= 11 is 0. The zero-order valence-electron chi connectivity index (χ0n) is 29.6. The van der Waals surface area contributed by atoms with E-state index < -0.39 is 79.3 Å². The normalized spacial score (nSPS) is 28.8. The van der Waals surface area contributed by atoms with Crippen LogP contribution < -0.4 is 0 Å². The Kier molecular flexibility index (Phi) is 14.3. The van der Waals surface area contributed by atoms with Gasteiger partial charge in [0.15, 0.2) is 30.9 Å². The molecule has 3 aromatic rings. The molecular weight excluding hydrogens is 676 g/mol. The molecule has 0 saturated carbocycles. The summed E-state index contributed by atoms with van der Waals surface area (Å²) in [6.45, 7) is 5.59. The molecule has 0 aliphatic carbocycles. The highest BCUT2D eigenvalue weighted by molar-refractivity contribution is 5.68. The monoisotopic (exact) mass is 722 g/mol. The largest absolute Gasteiger partial charge is 0.456 e. The molecule has 2 aliphatic rings. The summed E-state index contributed by atoms with van der Waals surface area (Å²) in [6.07, 6.45) is -11.7. The Morgan fingerprint density at radius 3 is 1.56 bits per heavy atom. The third kappa shape index (κ3) is 10.9. The van der Waals surface area contributed by atoms with Crippen LogP contribution in [-0.4, -0.2) is 91.0 Å². The Hall–Kier alpha value is -4.21. The van der Waals surface area contributed by atoms with E-state index in [0.717, 1.165) is 16.7 Å². The van der Waals surface area contributed by atoms with Crippen LogP contribution in [0.15, 0.2) is 91.0 Å². The van der Waals surface area contributed by atoms with Gasteiger partial charge in [-0.3, -0.25) is 14.4 Å². The number of aliphatic hydroxyl groups is 1. The lowest BCUT2D eigenvalue weighted by Crippen LogP contribution is -2.66. The number of esters is 3. The number of rotatable bonds is 15. The predicted octanol–water partition coefficient (Wildman–Crippen LogP) is 4.02. The van der Waals surface area contributed by atoms with Gasteiger partial charge in [-0.1, -0.05) is 91.0 Å². The van der Waals surface area contributed by atoms with Crippen molar-refractivity contribution in [3.05, 3.63) is 108 Å². The first-order valence-electron chi connectivity index (χ1n) is 17.2. The molecule has 13 nitrogen and oxygen atoms in total. The van der Waals surface area contributed by atoms with Crippen molar-refractivity contribution < 1.29 is 62.1 Å². The average Bonchev–Trinajstić information content (AvgIpc) is 3.12. The molecule has 9 unspecified atom stereocenters. The van der Waals surface area contributed by atoms with Gasteiger partial charge in [0.05, 0.1) is 32.5 Å². The van der Waals surface area contributed by atoms with Crippen LogP contribution in [0.2, 0.25) is 0 Å². The van der Waals surface area contributed by atoms with Crippen molar-refractivity contribution in [2.75, 3.05) is 6.61 Å². The van der Waals surface area contributed by atoms with Crippen molar-refractivity contribution in [2.45, 2.75) is 109 Å². The molecular formula is C39H46O13. The van der Waals surface area contributed by atoms with Crippen molar-refractivity contribution >= 4 is 17.9 Å². The third-order valence-corrected chi connectivity index (χ3v) is 8.50. The van der Waals surface area contributed by atoms with Crippen LogP contribution in [0.4, 0.5) is 0 Å². The molecule has 0 aromatic heterocycles. The summed E-state index contributed by atoms with van der Waals surface area (Å²) in [6, 6.07) is 28.4. The second kappa shape index (κ2) is 19.0. The van der Waals surface area contributed by atoms with Gasteiger partial charge in [-0.05, 0) is 23.6 Å². The minimum Gasteiger partial charge on any atom is -0.456 e. The van der Waals surface area contributed by atoms with Crippen LogP contribution in [0.1, 0.15) is 44.4 Å². The van der Waals surface area contributed by atoms with E-state index >= 15 is 0 Å². The lowest BCUT2D eigenvalue weighted by molar-refractivity contribution is -0.362. The SMILES string of the molecule is CC(=O)OC1C(C)OC(OC2C(COCc3ccccc3)O[C@@H](O)C(OCc3ccccc3)C2OCc2ccccc2)C(OC(C)=O)C1OC(C)=O. The summed E-state index contributed by atoms with van der Waals surface area (Å²) in [5.41, 5.74) is 2.61. The first kappa shape index (κ1) is 39.0. The zero-order chi connectivity index (χ0) is 37.0. The molecule has 10 atom stereocenters. The molecule has 280 valence electrons. The number of hydrogen-bond donors (Lipinski definition) is 1. The molecule has 5 rings (SSSR count). The van der Waals surface area contributed by atoms with E-state index in [1.54, 1.807) is 6.92 Å². The maximum Gasteiger partial charge on any atom is 0.303 e. The van der Waals surface area contributed by atoms with Gasteiger partial charge in [-0.15, -0.1) is 0 Å². The fourth-order valence-electron chi connectivity index (χ4n) is 6.20. The number of carbonyl (C=O) groups excluding carboxylic acids is 3. The average molecular weight is 723 g/mol. The van der Waals surface area contributed by atoms with Crippen LogP contribution in [0.25, 0.3) is 0 Å². The fourth-order valence-corrected chi connectivity index (χ4v) is 6.20. The number of hydrogen-bond acceptors (Lipinski definition) is 13. The van der Waals surface area contributed by atoms with Crippen LogP contribution >= 0.6 is 0 Å². The van der Waals surface area contributed by atoms with Gasteiger partial charge in [0.25, 0.3) is 0 Å². The summed E-state index contributed by atoms with van der Waals surface area (Å²) in [4.78, 5) is 36.9. The van der Waals surface area contributed by atoms with Crippen molar-refractivity contribution in [1.29, 1.82) is 0 Å². The molecule has 0 bridgehead atoms. The molecule has 3 aromatic carbocycles. The molecule has 52 heavy (non-hydrogen) atoms. The lowest BCUT2D eigenvalue weighted by Gasteiger charge is -2.48. The Balaban J connectivity index is 1.50. The zero-order valence-corrected chi connectivity index (χ0v) is 29.6. The van der Waals surface area contributed by atoms with E-state index in [9.17, 15) is 19.5 Å². The molecule has 13 heteroatoms. The summed E-state index contributed by atoms with van der Waals surface area (Å²) < 4.78 is 54.7. The standard InChI is InChI=1S/C39H46O13/c1-24-32(48-25(2)40)35(49-26(3)41)37(50-27(4)42)39(47-24)52-33-31(23-44-20-28-14-8-5-9-15-28)51-38(43)36(46-22-30-18-12-7-13-19-30)34(33)45-21-29-16-10-6-11-17-29/h5-19,24,31-39,43H,20-23H2,1-4H3/t24?,31?,32?,33?,34?,35?,36?,37?,38-,39?/m1/s1. The van der Waals surface area contributed by atoms with Crippen molar-refractivity contribution in [3.63, 3.8) is 0 Å². The van der Waals surface area contributed by atoms with Crippen LogP contribution in [0.5, 0.6) is 0 Å². The topological polar surface area (TPSA) is 155 Å². The summed E-state index contributed by atoms with van der Waals surface area (Å²) in [7, 11) is 0. The van der Waals surface area contributed by atoms with E-state index in [2.05, 4.69) is 0 Å². The molecule has 0 amide bonds. The van der Waals surface area contributed by atoms with Gasteiger partial charge >= 0.3 is 17.9 Å². The van der Waals surface area contributed by atoms with Gasteiger partial charge in [-0.25, -0.2) is 0 Å². The molecule has 1 N–H and O–H groups in total. The quantitative estimate of drug-likeness (QED) is 0.178. The molecule has 2 heterocycles. The fraction of sp³-hybridized carbons (Fsp3) is 0.462. The Labute approximate surface area is 302 Å². The second-order valence-corrected chi connectivity index (χ2v) is 12.6. The maximum absolute atomic E-state index is 12.5. The first-order valence-corrected chi connectivity index (χ1v) is 17.2. The van der Waals surface area contributed by atoms with Gasteiger partial charge in [0.1, 0.15) is 24.4 Å². The van der Waals surface area contributed by atoms with Gasteiger partial charge in [0.2, 0.25) is 0 Å². The van der Waals surface area contributed by atoms with Gasteiger partial charge < -0.3 is 47.7 Å². The van der Waals surface area contributed by atoms with Crippen LogP contribution in [0, 0.1) is 0 Å². The number of benzene rings is 3. The predicted molar refractivity (Wildman–Crippen MR) is 183 cm³/mol. The Bertz CT molecular complexity index is 1560. The summed E-state index contributed by atoms with van der Waals surface area (Å²) in [5, 5.41) is 11.5. The third-order valence-electron chi connectivity index (χ3n) is 8.50. The molecule has 2 saturated heterocycles. The van der Waals surface area contributed by atoms with Crippen molar-refractivity contribution in [2.24, 2.45) is 0 Å². The number of aliphatic hydroxyl groups excluding tert-OH is 1. The van der Waals surface area contributed by atoms with Gasteiger partial charge in [-0.2, -0.15) is 0 Å². The van der Waals surface area contributed by atoms with Crippen molar-refractivity contribution in [1.82, 2.24) is 0 Å². The van der Waals surface area contributed by atoms with E-state index in [0.29, 0.717) is 0 Å². The molecule has 2 fully saturated rings. The van der Waals surface area contributed by atoms with E-state index in [4.69, 9.17) is 42.6 Å². The van der Waals surface area contributed by atoms with Gasteiger partial charge in [0, 0.05) is 20.8 Å². The summed E-state index contributed by atoms with van der Waals surface area (Å²) in [5.74, 6) is -2.09. The smallest absolute Gasteiger partial charge is 0.303 e. The van der Waals surface area contributed by atoms with E-state index in [1.807, 2.05) is 91.0 Å². The second-order valence-electron chi connectivity index (χ2n) is 12.6. The lowest BCUT2D eigenvalue weighted by atomic mass is 9.96. The van der Waals surface area contributed by atoms with E-state index in [1.165, 1.54) is 20.8 Å². The minimum absolute atomic E-state index is 0.0584. The highest BCUT2D eigenvalue weighted by Crippen LogP contribution is 2.35. The molecule has 0 spiro atoms. The molecule has 0 radical (unpaired) electrons. The highest BCUT2D eigenvalue weighted by atomic mass is 16.8. The highest BCUT2D eigenvalue weighted by Gasteiger charge is 2.55. The van der Waals surface area contributed by atoms with E-state index in [-0.39, 0.29) is 26.4 Å². The maximum atomic E-state index is 12.5. The molecule has 2 aliphatic heterocycles. The first-order chi connectivity index (χ1) is 25.1. The minimum atomic E-state index is -1.47. The van der Waals surface area contributed by atoms with Crippen LogP contribution in [-0.2, 0) is 76.8 Å². The Morgan fingerprint density at radius 1 is 0.577 bits per heavy atom. The number of carbonyl (C=O) groups is 3. The van der Waals surface area contributed by atoms with Crippen molar-refractivity contribution in [3.8, 4) is 0 Å².